The Bertz CT molecular complexity index is 824. The molecule has 168 valence electrons. The minimum Gasteiger partial charge on any atom is -0.357 e. The van der Waals surface area contributed by atoms with Gasteiger partial charge in [-0.05, 0) is 43.9 Å². The molecule has 0 bridgehead atoms. The monoisotopic (exact) mass is 435 g/mol. The number of guanidine groups is 1. The largest absolute Gasteiger partial charge is 0.357 e. The number of benzene rings is 1. The van der Waals surface area contributed by atoms with E-state index in [1.165, 1.54) is 6.42 Å². The molecule has 7 nitrogen and oxygen atoms in total. The Balaban J connectivity index is 1.82. The number of piperazine rings is 1. The van der Waals surface area contributed by atoms with Crippen molar-refractivity contribution in [3.63, 3.8) is 0 Å². The van der Waals surface area contributed by atoms with E-state index in [4.69, 9.17) is 4.99 Å². The van der Waals surface area contributed by atoms with Gasteiger partial charge in [0.1, 0.15) is 0 Å². The number of piperidine rings is 1. The predicted molar refractivity (Wildman–Crippen MR) is 122 cm³/mol. The Hall–Kier alpha value is -1.64. The van der Waals surface area contributed by atoms with Crippen molar-refractivity contribution in [2.45, 2.75) is 38.6 Å². The second-order valence-electron chi connectivity index (χ2n) is 8.84. The summed E-state index contributed by atoms with van der Waals surface area (Å²) >= 11 is 0. The van der Waals surface area contributed by atoms with E-state index in [0.29, 0.717) is 36.4 Å². The standard InChI is InChI=1S/C22H37N5O2S/c1-5-23-22(26-16-18(2)14-19(3)17-26)24-15-20-8-6-7-9-21(20)30(28,29)27-12-10-25(4)11-13-27/h6-9,18-19H,5,10-17H2,1-4H3,(H,23,24). The van der Waals surface area contributed by atoms with Gasteiger partial charge < -0.3 is 15.1 Å². The van der Waals surface area contributed by atoms with Gasteiger partial charge in [0.15, 0.2) is 5.96 Å². The number of likely N-dealkylation sites (N-methyl/N-ethyl adjacent to an activating group) is 1. The Labute approximate surface area is 182 Å². The van der Waals surface area contributed by atoms with Gasteiger partial charge in [-0.1, -0.05) is 32.0 Å². The molecule has 3 rings (SSSR count). The summed E-state index contributed by atoms with van der Waals surface area (Å²) in [6, 6.07) is 7.30. The highest BCUT2D eigenvalue weighted by atomic mass is 32.2. The Kier molecular flexibility index (Phi) is 7.76. The molecule has 0 aliphatic carbocycles. The number of sulfonamides is 1. The van der Waals surface area contributed by atoms with Gasteiger partial charge in [0.2, 0.25) is 10.0 Å². The highest BCUT2D eigenvalue weighted by molar-refractivity contribution is 7.89. The molecule has 2 saturated heterocycles. The summed E-state index contributed by atoms with van der Waals surface area (Å²) in [6.45, 7) is 12.3. The molecule has 1 aromatic carbocycles. The van der Waals surface area contributed by atoms with Crippen LogP contribution < -0.4 is 5.32 Å². The molecule has 0 aromatic heterocycles. The normalized spacial score (nSPS) is 24.8. The summed E-state index contributed by atoms with van der Waals surface area (Å²) in [5.41, 5.74) is 0.755. The topological polar surface area (TPSA) is 68.2 Å². The predicted octanol–water partition coefficient (Wildman–Crippen LogP) is 2.07. The van der Waals surface area contributed by atoms with Crippen LogP contribution in [0.2, 0.25) is 0 Å². The summed E-state index contributed by atoms with van der Waals surface area (Å²) in [5.74, 6) is 2.13. The van der Waals surface area contributed by atoms with Crippen LogP contribution in [0.1, 0.15) is 32.8 Å². The smallest absolute Gasteiger partial charge is 0.243 e. The van der Waals surface area contributed by atoms with Gasteiger partial charge in [0.05, 0.1) is 11.4 Å². The van der Waals surface area contributed by atoms with E-state index in [1.54, 1.807) is 16.4 Å². The van der Waals surface area contributed by atoms with E-state index in [0.717, 1.165) is 44.2 Å². The average molecular weight is 436 g/mol. The molecule has 2 aliphatic rings. The van der Waals surface area contributed by atoms with Crippen molar-refractivity contribution in [2.24, 2.45) is 16.8 Å². The number of hydrogen-bond donors (Lipinski definition) is 1. The molecular formula is C22H37N5O2S. The number of likely N-dealkylation sites (tertiary alicyclic amines) is 1. The van der Waals surface area contributed by atoms with Gasteiger partial charge >= 0.3 is 0 Å². The number of nitrogens with one attached hydrogen (secondary N) is 1. The number of aliphatic imine (C=N–C) groups is 1. The summed E-state index contributed by atoms with van der Waals surface area (Å²) in [5, 5.41) is 3.40. The highest BCUT2D eigenvalue weighted by Gasteiger charge is 2.29. The first-order chi connectivity index (χ1) is 14.3. The lowest BCUT2D eigenvalue weighted by molar-refractivity contribution is 0.208. The van der Waals surface area contributed by atoms with E-state index < -0.39 is 10.0 Å². The van der Waals surface area contributed by atoms with Crippen LogP contribution in [0.15, 0.2) is 34.2 Å². The third kappa shape index (κ3) is 5.53. The lowest BCUT2D eigenvalue weighted by atomic mass is 9.92. The summed E-state index contributed by atoms with van der Waals surface area (Å²) in [6.07, 6.45) is 1.24. The summed E-state index contributed by atoms with van der Waals surface area (Å²) in [4.78, 5) is 9.71. The molecule has 2 aliphatic heterocycles. The van der Waals surface area contributed by atoms with Crippen LogP contribution in [0.3, 0.4) is 0 Å². The Morgan fingerprint density at radius 1 is 1.10 bits per heavy atom. The summed E-state index contributed by atoms with van der Waals surface area (Å²) in [7, 11) is -1.49. The van der Waals surface area contributed by atoms with E-state index in [2.05, 4.69) is 35.9 Å². The Morgan fingerprint density at radius 2 is 1.73 bits per heavy atom. The minimum atomic E-state index is -3.52. The molecule has 1 aromatic rings. The van der Waals surface area contributed by atoms with Crippen molar-refractivity contribution in [1.29, 1.82) is 0 Å². The average Bonchev–Trinajstić information content (AvgIpc) is 2.71. The number of rotatable bonds is 5. The van der Waals surface area contributed by atoms with Crippen LogP contribution in [0.25, 0.3) is 0 Å². The van der Waals surface area contributed by atoms with E-state index in [-0.39, 0.29) is 0 Å². The molecule has 0 radical (unpaired) electrons. The molecular weight excluding hydrogens is 398 g/mol. The van der Waals surface area contributed by atoms with Crippen molar-refractivity contribution in [3.8, 4) is 0 Å². The number of hydrogen-bond acceptors (Lipinski definition) is 4. The zero-order valence-corrected chi connectivity index (χ0v) is 19.7. The third-order valence-corrected chi connectivity index (χ3v) is 7.95. The molecule has 2 atom stereocenters. The van der Waals surface area contributed by atoms with E-state index >= 15 is 0 Å². The molecule has 0 saturated carbocycles. The molecule has 8 heteroatoms. The molecule has 1 N–H and O–H groups in total. The first kappa shape index (κ1) is 23.0. The van der Waals surface area contributed by atoms with Gasteiger partial charge in [0.25, 0.3) is 0 Å². The summed E-state index contributed by atoms with van der Waals surface area (Å²) < 4.78 is 28.2. The quantitative estimate of drug-likeness (QED) is 0.566. The van der Waals surface area contributed by atoms with Gasteiger partial charge in [-0.25, -0.2) is 13.4 Å². The third-order valence-electron chi connectivity index (χ3n) is 5.96. The molecule has 2 fully saturated rings. The zero-order valence-electron chi connectivity index (χ0n) is 18.8. The van der Waals surface area contributed by atoms with Gasteiger partial charge in [-0.2, -0.15) is 4.31 Å². The second-order valence-corrected chi connectivity index (χ2v) is 10.7. The SMILES string of the molecule is CCNC(=NCc1ccccc1S(=O)(=O)N1CCN(C)CC1)N1CC(C)CC(C)C1. The van der Waals surface area contributed by atoms with Crippen LogP contribution in [-0.4, -0.2) is 81.3 Å². The fourth-order valence-corrected chi connectivity index (χ4v) is 6.11. The molecule has 2 unspecified atom stereocenters. The molecule has 2 heterocycles. The molecule has 0 spiro atoms. The highest BCUT2D eigenvalue weighted by Crippen LogP contribution is 2.23. The van der Waals surface area contributed by atoms with Gasteiger partial charge in [0, 0.05) is 45.8 Å². The van der Waals surface area contributed by atoms with Crippen LogP contribution in [0, 0.1) is 11.8 Å². The fourth-order valence-electron chi connectivity index (χ4n) is 4.48. The molecule has 0 amide bonds. The first-order valence-electron chi connectivity index (χ1n) is 11.1. The Morgan fingerprint density at radius 3 is 2.37 bits per heavy atom. The van der Waals surface area contributed by atoms with Crippen LogP contribution in [0.4, 0.5) is 0 Å². The fraction of sp³-hybridized carbons (Fsp3) is 0.682. The van der Waals surface area contributed by atoms with Gasteiger partial charge in [-0.3, -0.25) is 0 Å². The maximum Gasteiger partial charge on any atom is 0.243 e. The van der Waals surface area contributed by atoms with E-state index in [1.807, 2.05) is 19.2 Å². The maximum absolute atomic E-state index is 13.3. The van der Waals surface area contributed by atoms with Crippen molar-refractivity contribution < 1.29 is 8.42 Å². The second kappa shape index (κ2) is 10.1. The van der Waals surface area contributed by atoms with Crippen molar-refractivity contribution in [3.05, 3.63) is 29.8 Å². The van der Waals surface area contributed by atoms with Crippen molar-refractivity contribution in [1.82, 2.24) is 19.4 Å². The maximum atomic E-state index is 13.3. The minimum absolute atomic E-state index is 0.352. The van der Waals surface area contributed by atoms with Gasteiger partial charge in [-0.15, -0.1) is 0 Å². The van der Waals surface area contributed by atoms with Crippen LogP contribution in [0.5, 0.6) is 0 Å². The lowest BCUT2D eigenvalue weighted by Gasteiger charge is -2.37. The van der Waals surface area contributed by atoms with Crippen molar-refractivity contribution >= 4 is 16.0 Å². The lowest BCUT2D eigenvalue weighted by Crippen LogP contribution is -2.48. The van der Waals surface area contributed by atoms with E-state index in [9.17, 15) is 8.42 Å². The van der Waals surface area contributed by atoms with Crippen LogP contribution >= 0.6 is 0 Å². The molecule has 30 heavy (non-hydrogen) atoms. The zero-order chi connectivity index (χ0) is 21.7. The van der Waals surface area contributed by atoms with Crippen LogP contribution in [-0.2, 0) is 16.6 Å². The van der Waals surface area contributed by atoms with Crippen molar-refractivity contribution in [2.75, 3.05) is 52.9 Å². The first-order valence-corrected chi connectivity index (χ1v) is 12.5. The number of nitrogens with zero attached hydrogens (tertiary/aromatic N) is 4.